The van der Waals surface area contributed by atoms with Crippen molar-refractivity contribution in [2.24, 2.45) is 17.8 Å². The van der Waals surface area contributed by atoms with Crippen molar-refractivity contribution in [2.75, 3.05) is 0 Å². The molecular weight excluding hydrogens is 160 g/mol. The van der Waals surface area contributed by atoms with Crippen LogP contribution in [0.1, 0.15) is 5.82 Å². The van der Waals surface area contributed by atoms with Crippen molar-refractivity contribution < 1.29 is 5.21 Å². The van der Waals surface area contributed by atoms with E-state index in [0.717, 1.165) is 0 Å². The lowest BCUT2D eigenvalue weighted by molar-refractivity contribution is 0.232. The van der Waals surface area contributed by atoms with Gasteiger partial charge in [0.15, 0.2) is 0 Å². The highest BCUT2D eigenvalue weighted by Crippen LogP contribution is 1.91. The molecule has 0 atom stereocenters. The number of aromatic nitrogens is 3. The van der Waals surface area contributed by atoms with Gasteiger partial charge in [-0.1, -0.05) is 0 Å². The molecule has 0 aliphatic rings. The Morgan fingerprint density at radius 3 is 3.17 bits per heavy atom. The first-order valence-electron chi connectivity index (χ1n) is 3.27. The minimum absolute atomic E-state index is 0.0435. The average molecular weight is 170 g/mol. The summed E-state index contributed by atoms with van der Waals surface area (Å²) in [4.78, 5) is 7.66. The number of nitrogens with two attached hydrogens (primary N) is 1. The van der Waals surface area contributed by atoms with E-state index < -0.39 is 0 Å². The molecule has 0 aliphatic heterocycles. The van der Waals surface area contributed by atoms with Gasteiger partial charge in [-0.2, -0.15) is 5.10 Å². The molecule has 0 unspecified atom stereocenters. The fourth-order valence-electron chi connectivity index (χ4n) is 0.655. The number of aryl methyl sites for hydroxylation is 1. The second-order valence-corrected chi connectivity index (χ2v) is 2.11. The molecule has 0 aromatic carbocycles. The number of rotatable bonds is 2. The summed E-state index contributed by atoms with van der Waals surface area (Å²) in [7, 11) is 1.75. The Kier molecular flexibility index (Phi) is 2.59. The van der Waals surface area contributed by atoms with Crippen LogP contribution in [0.5, 0.6) is 0 Å². The number of nitrogens with one attached hydrogen (secondary N) is 1. The SMILES string of the molecule is Cn1ncnc1CN=C(N)NO. The summed E-state index contributed by atoms with van der Waals surface area (Å²) in [5.41, 5.74) is 6.89. The molecule has 0 spiro atoms. The van der Waals surface area contributed by atoms with E-state index in [1.807, 2.05) is 0 Å². The molecule has 7 nitrogen and oxygen atoms in total. The maximum absolute atomic E-state index is 8.28. The van der Waals surface area contributed by atoms with Crippen LogP contribution < -0.4 is 11.2 Å². The summed E-state index contributed by atoms with van der Waals surface area (Å²) in [6.07, 6.45) is 1.42. The van der Waals surface area contributed by atoms with Crippen LogP contribution in [0.3, 0.4) is 0 Å². The van der Waals surface area contributed by atoms with E-state index in [-0.39, 0.29) is 12.5 Å². The van der Waals surface area contributed by atoms with E-state index >= 15 is 0 Å². The molecule has 1 aromatic heterocycles. The Hall–Kier alpha value is -1.63. The first-order valence-corrected chi connectivity index (χ1v) is 3.27. The van der Waals surface area contributed by atoms with Gasteiger partial charge < -0.3 is 5.73 Å². The number of hydrogen-bond donors (Lipinski definition) is 3. The fourth-order valence-corrected chi connectivity index (χ4v) is 0.655. The van der Waals surface area contributed by atoms with Crippen LogP contribution in [0.25, 0.3) is 0 Å². The largest absolute Gasteiger partial charge is 0.368 e. The van der Waals surface area contributed by atoms with Crippen LogP contribution in [0.15, 0.2) is 11.3 Å². The highest BCUT2D eigenvalue weighted by molar-refractivity contribution is 5.76. The van der Waals surface area contributed by atoms with Gasteiger partial charge in [-0.15, -0.1) is 0 Å². The van der Waals surface area contributed by atoms with E-state index in [4.69, 9.17) is 10.9 Å². The quantitative estimate of drug-likeness (QED) is 0.288. The minimum Gasteiger partial charge on any atom is -0.368 e. The lowest BCUT2D eigenvalue weighted by Gasteiger charge is -1.97. The van der Waals surface area contributed by atoms with Crippen LogP contribution in [0.4, 0.5) is 0 Å². The standard InChI is InChI=1S/C5H10N6O/c1-11-4(8-3-9-11)2-7-5(6)10-12/h3,12H,2H2,1H3,(H3,6,7,10). The number of hydroxylamine groups is 1. The molecule has 0 saturated carbocycles. The molecule has 66 valence electrons. The van der Waals surface area contributed by atoms with Crippen LogP contribution in [0.2, 0.25) is 0 Å². The third-order valence-corrected chi connectivity index (χ3v) is 1.31. The Bertz CT molecular complexity index is 279. The molecule has 0 aliphatic carbocycles. The van der Waals surface area contributed by atoms with E-state index in [0.29, 0.717) is 5.82 Å². The molecule has 1 aromatic rings. The molecule has 0 radical (unpaired) electrons. The number of hydrogen-bond acceptors (Lipinski definition) is 4. The maximum atomic E-state index is 8.28. The van der Waals surface area contributed by atoms with Crippen LogP contribution in [0, 0.1) is 0 Å². The summed E-state index contributed by atoms with van der Waals surface area (Å²) in [5, 5.41) is 12.1. The van der Waals surface area contributed by atoms with Crippen molar-refractivity contribution in [1.82, 2.24) is 20.2 Å². The van der Waals surface area contributed by atoms with Crippen LogP contribution in [-0.2, 0) is 13.6 Å². The molecule has 4 N–H and O–H groups in total. The van der Waals surface area contributed by atoms with Gasteiger partial charge in [0.1, 0.15) is 18.7 Å². The summed E-state index contributed by atoms with van der Waals surface area (Å²) in [5.74, 6) is 0.631. The lowest BCUT2D eigenvalue weighted by atomic mass is 10.6. The van der Waals surface area contributed by atoms with Crippen molar-refractivity contribution in [1.29, 1.82) is 0 Å². The molecule has 1 rings (SSSR count). The highest BCUT2D eigenvalue weighted by Gasteiger charge is 1.97. The summed E-state index contributed by atoms with van der Waals surface area (Å²) in [6.45, 7) is 0.288. The van der Waals surface area contributed by atoms with E-state index in [1.54, 1.807) is 17.2 Å². The second-order valence-electron chi connectivity index (χ2n) is 2.11. The zero-order valence-electron chi connectivity index (χ0n) is 6.60. The van der Waals surface area contributed by atoms with Gasteiger partial charge in [0.05, 0.1) is 0 Å². The molecular formula is C5H10N6O. The molecule has 0 bridgehead atoms. The Morgan fingerprint density at radius 2 is 2.67 bits per heavy atom. The van der Waals surface area contributed by atoms with Gasteiger partial charge in [0.2, 0.25) is 5.96 Å². The molecule has 7 heteroatoms. The van der Waals surface area contributed by atoms with Gasteiger partial charge in [0, 0.05) is 7.05 Å². The fraction of sp³-hybridized carbons (Fsp3) is 0.400. The van der Waals surface area contributed by atoms with Gasteiger partial charge in [-0.25, -0.2) is 15.5 Å². The smallest absolute Gasteiger partial charge is 0.213 e. The topological polar surface area (TPSA) is 101 Å². The number of guanidine groups is 1. The predicted molar refractivity (Wildman–Crippen MR) is 41.3 cm³/mol. The number of nitrogens with zero attached hydrogens (tertiary/aromatic N) is 4. The van der Waals surface area contributed by atoms with E-state index in [1.165, 1.54) is 6.33 Å². The predicted octanol–water partition coefficient (Wildman–Crippen LogP) is -1.39. The van der Waals surface area contributed by atoms with Crippen molar-refractivity contribution in [3.63, 3.8) is 0 Å². The first-order chi connectivity index (χ1) is 5.74. The van der Waals surface area contributed by atoms with Crippen molar-refractivity contribution in [2.45, 2.75) is 6.54 Å². The van der Waals surface area contributed by atoms with Crippen molar-refractivity contribution >= 4 is 5.96 Å². The van der Waals surface area contributed by atoms with Crippen LogP contribution in [-0.4, -0.2) is 25.9 Å². The Labute approximate surface area is 68.9 Å². The Balaban J connectivity index is 2.59. The second kappa shape index (κ2) is 3.67. The van der Waals surface area contributed by atoms with Gasteiger partial charge in [0.25, 0.3) is 0 Å². The van der Waals surface area contributed by atoms with Gasteiger partial charge >= 0.3 is 0 Å². The van der Waals surface area contributed by atoms with E-state index in [9.17, 15) is 0 Å². The minimum atomic E-state index is -0.0435. The third kappa shape index (κ3) is 1.92. The summed E-state index contributed by atoms with van der Waals surface area (Å²) < 4.78 is 1.58. The lowest BCUT2D eigenvalue weighted by Crippen LogP contribution is -2.28. The zero-order valence-corrected chi connectivity index (χ0v) is 6.60. The van der Waals surface area contributed by atoms with Gasteiger partial charge in [-0.3, -0.25) is 9.89 Å². The van der Waals surface area contributed by atoms with Gasteiger partial charge in [-0.05, 0) is 0 Å². The molecule has 12 heavy (non-hydrogen) atoms. The van der Waals surface area contributed by atoms with Crippen molar-refractivity contribution in [3.05, 3.63) is 12.2 Å². The molecule has 0 amide bonds. The first kappa shape index (κ1) is 8.47. The van der Waals surface area contributed by atoms with E-state index in [2.05, 4.69) is 15.1 Å². The molecule has 1 heterocycles. The molecule has 0 fully saturated rings. The normalized spacial score (nSPS) is 11.7. The monoisotopic (exact) mass is 170 g/mol. The van der Waals surface area contributed by atoms with Crippen LogP contribution >= 0.6 is 0 Å². The molecule has 0 saturated heterocycles. The summed E-state index contributed by atoms with van der Waals surface area (Å²) in [6, 6.07) is 0. The number of aliphatic imine (C=N–C) groups is 1. The summed E-state index contributed by atoms with van der Waals surface area (Å²) >= 11 is 0. The third-order valence-electron chi connectivity index (χ3n) is 1.31. The van der Waals surface area contributed by atoms with Crippen molar-refractivity contribution in [3.8, 4) is 0 Å². The highest BCUT2D eigenvalue weighted by atomic mass is 16.5. The Morgan fingerprint density at radius 1 is 1.92 bits per heavy atom. The average Bonchev–Trinajstić information content (AvgIpc) is 2.47. The zero-order chi connectivity index (χ0) is 8.97. The maximum Gasteiger partial charge on any atom is 0.213 e.